The SMILES string of the molecule is C1=NOC2(C1)Cc1ccccc1N2. The molecule has 1 atom stereocenters. The Bertz CT molecular complexity index is 338. The van der Waals surface area contributed by atoms with Gasteiger partial charge in [-0.3, -0.25) is 0 Å². The van der Waals surface area contributed by atoms with Crippen molar-refractivity contribution in [2.24, 2.45) is 5.16 Å². The van der Waals surface area contributed by atoms with Gasteiger partial charge in [0.2, 0.25) is 5.72 Å². The molecule has 1 N–H and O–H groups in total. The van der Waals surface area contributed by atoms with Crippen LogP contribution in [0, 0.1) is 0 Å². The maximum absolute atomic E-state index is 5.34. The molecule has 0 amide bonds. The zero-order chi connectivity index (χ0) is 8.73. The molecule has 1 aromatic carbocycles. The van der Waals surface area contributed by atoms with Crippen molar-refractivity contribution in [1.82, 2.24) is 0 Å². The van der Waals surface area contributed by atoms with E-state index in [9.17, 15) is 0 Å². The summed E-state index contributed by atoms with van der Waals surface area (Å²) in [6.07, 6.45) is 3.57. The van der Waals surface area contributed by atoms with Crippen molar-refractivity contribution in [1.29, 1.82) is 0 Å². The lowest BCUT2D eigenvalue weighted by molar-refractivity contribution is 0.0106. The van der Waals surface area contributed by atoms with Crippen LogP contribution >= 0.6 is 0 Å². The molecule has 0 aromatic heterocycles. The molecule has 1 aromatic rings. The van der Waals surface area contributed by atoms with E-state index in [1.807, 2.05) is 12.3 Å². The molecular formula is C10H10N2O. The minimum atomic E-state index is -0.274. The Morgan fingerprint density at radius 1 is 1.38 bits per heavy atom. The lowest BCUT2D eigenvalue weighted by Crippen LogP contribution is -2.35. The van der Waals surface area contributed by atoms with E-state index in [2.05, 4.69) is 28.7 Å². The Kier molecular flexibility index (Phi) is 1.20. The van der Waals surface area contributed by atoms with Gasteiger partial charge in [-0.05, 0) is 11.6 Å². The monoisotopic (exact) mass is 174 g/mol. The number of oxime groups is 1. The topological polar surface area (TPSA) is 33.6 Å². The second-order valence-corrected chi connectivity index (χ2v) is 3.54. The summed E-state index contributed by atoms with van der Waals surface area (Å²) in [5.74, 6) is 0. The first-order chi connectivity index (χ1) is 6.38. The molecule has 3 nitrogen and oxygen atoms in total. The number of benzene rings is 1. The van der Waals surface area contributed by atoms with Crippen molar-refractivity contribution in [3.63, 3.8) is 0 Å². The number of nitrogens with zero attached hydrogens (tertiary/aromatic N) is 1. The van der Waals surface area contributed by atoms with Crippen LogP contribution in [0.5, 0.6) is 0 Å². The highest BCUT2D eigenvalue weighted by Gasteiger charge is 2.40. The van der Waals surface area contributed by atoms with E-state index in [1.54, 1.807) is 0 Å². The van der Waals surface area contributed by atoms with Gasteiger partial charge in [-0.2, -0.15) is 0 Å². The highest BCUT2D eigenvalue weighted by molar-refractivity contribution is 5.66. The van der Waals surface area contributed by atoms with Crippen molar-refractivity contribution in [3.8, 4) is 0 Å². The Labute approximate surface area is 76.4 Å². The van der Waals surface area contributed by atoms with Crippen LogP contribution in [0.1, 0.15) is 12.0 Å². The van der Waals surface area contributed by atoms with Crippen LogP contribution in [0.15, 0.2) is 29.4 Å². The third kappa shape index (κ3) is 0.932. The quantitative estimate of drug-likeness (QED) is 0.650. The molecule has 0 radical (unpaired) electrons. The average Bonchev–Trinajstić information content (AvgIpc) is 2.72. The molecular weight excluding hydrogens is 164 g/mol. The van der Waals surface area contributed by atoms with Crippen LogP contribution in [-0.2, 0) is 11.3 Å². The van der Waals surface area contributed by atoms with Crippen LogP contribution in [0.25, 0.3) is 0 Å². The first-order valence-corrected chi connectivity index (χ1v) is 4.44. The molecule has 13 heavy (non-hydrogen) atoms. The van der Waals surface area contributed by atoms with Gasteiger partial charge < -0.3 is 10.2 Å². The van der Waals surface area contributed by atoms with Gasteiger partial charge in [-0.25, -0.2) is 0 Å². The average molecular weight is 174 g/mol. The van der Waals surface area contributed by atoms with E-state index < -0.39 is 0 Å². The van der Waals surface area contributed by atoms with Gasteiger partial charge in [-0.15, -0.1) is 0 Å². The van der Waals surface area contributed by atoms with Crippen LogP contribution < -0.4 is 5.32 Å². The molecule has 2 heterocycles. The summed E-state index contributed by atoms with van der Waals surface area (Å²) in [4.78, 5) is 5.34. The molecule has 66 valence electrons. The van der Waals surface area contributed by atoms with Gasteiger partial charge in [0, 0.05) is 24.7 Å². The molecule has 3 rings (SSSR count). The second kappa shape index (κ2) is 2.25. The van der Waals surface area contributed by atoms with Crippen molar-refractivity contribution in [2.75, 3.05) is 5.32 Å². The van der Waals surface area contributed by atoms with Gasteiger partial charge >= 0.3 is 0 Å². The Morgan fingerprint density at radius 2 is 2.31 bits per heavy atom. The maximum atomic E-state index is 5.34. The summed E-state index contributed by atoms with van der Waals surface area (Å²) >= 11 is 0. The maximum Gasteiger partial charge on any atom is 0.216 e. The predicted octanol–water partition coefficient (Wildman–Crippen LogP) is 1.76. The molecule has 0 fully saturated rings. The fourth-order valence-corrected chi connectivity index (χ4v) is 1.93. The van der Waals surface area contributed by atoms with Crippen molar-refractivity contribution < 1.29 is 4.84 Å². The summed E-state index contributed by atoms with van der Waals surface area (Å²) in [6.45, 7) is 0. The molecule has 0 bridgehead atoms. The van der Waals surface area contributed by atoms with Crippen molar-refractivity contribution in [3.05, 3.63) is 29.8 Å². The number of nitrogens with one attached hydrogen (secondary N) is 1. The standard InChI is InChI=1S/C10H10N2O/c1-2-4-9-8(3-1)7-10(12-9)5-6-11-13-10/h1-4,6,12H,5,7H2. The number of hydrogen-bond acceptors (Lipinski definition) is 3. The van der Waals surface area contributed by atoms with E-state index in [0.29, 0.717) is 0 Å². The Balaban J connectivity index is 1.97. The Hall–Kier alpha value is -1.51. The fourth-order valence-electron chi connectivity index (χ4n) is 1.93. The number of para-hydroxylation sites is 1. The number of rotatable bonds is 0. The minimum Gasteiger partial charge on any atom is -0.367 e. The minimum absolute atomic E-state index is 0.274. The number of fused-ring (bicyclic) bond motifs is 1. The summed E-state index contributed by atoms with van der Waals surface area (Å²) < 4.78 is 0. The van der Waals surface area contributed by atoms with E-state index in [1.165, 1.54) is 11.3 Å². The van der Waals surface area contributed by atoms with E-state index in [0.717, 1.165) is 12.8 Å². The summed E-state index contributed by atoms with van der Waals surface area (Å²) in [5, 5.41) is 7.18. The van der Waals surface area contributed by atoms with Crippen molar-refractivity contribution in [2.45, 2.75) is 18.6 Å². The van der Waals surface area contributed by atoms with Crippen LogP contribution in [0.4, 0.5) is 5.69 Å². The third-order valence-electron chi connectivity index (χ3n) is 2.58. The summed E-state index contributed by atoms with van der Waals surface area (Å²) in [6, 6.07) is 8.28. The highest BCUT2D eigenvalue weighted by atomic mass is 16.7. The summed E-state index contributed by atoms with van der Waals surface area (Å²) in [5.41, 5.74) is 2.21. The second-order valence-electron chi connectivity index (χ2n) is 3.54. The van der Waals surface area contributed by atoms with Gasteiger partial charge in [0.25, 0.3) is 0 Å². The van der Waals surface area contributed by atoms with Crippen LogP contribution in [0.2, 0.25) is 0 Å². The first-order valence-electron chi connectivity index (χ1n) is 4.44. The molecule has 2 aliphatic heterocycles. The molecule has 0 aliphatic carbocycles. The van der Waals surface area contributed by atoms with E-state index >= 15 is 0 Å². The molecule has 2 aliphatic rings. The molecule has 1 spiro atoms. The first kappa shape index (κ1) is 6.95. The van der Waals surface area contributed by atoms with E-state index in [-0.39, 0.29) is 5.72 Å². The molecule has 3 heteroatoms. The molecule has 0 saturated heterocycles. The normalized spacial score (nSPS) is 28.6. The van der Waals surface area contributed by atoms with Crippen LogP contribution in [-0.4, -0.2) is 11.9 Å². The highest BCUT2D eigenvalue weighted by Crippen LogP contribution is 2.36. The zero-order valence-electron chi connectivity index (χ0n) is 7.16. The van der Waals surface area contributed by atoms with Gasteiger partial charge in [0.15, 0.2) is 0 Å². The van der Waals surface area contributed by atoms with Gasteiger partial charge in [0.1, 0.15) is 0 Å². The lowest BCUT2D eigenvalue weighted by atomic mass is 10.1. The largest absolute Gasteiger partial charge is 0.367 e. The molecule has 1 unspecified atom stereocenters. The zero-order valence-corrected chi connectivity index (χ0v) is 7.16. The number of hydrogen-bond donors (Lipinski definition) is 1. The van der Waals surface area contributed by atoms with Crippen LogP contribution in [0.3, 0.4) is 0 Å². The van der Waals surface area contributed by atoms with Crippen molar-refractivity contribution >= 4 is 11.9 Å². The lowest BCUT2D eigenvalue weighted by Gasteiger charge is -2.20. The number of anilines is 1. The predicted molar refractivity (Wildman–Crippen MR) is 50.7 cm³/mol. The molecule has 0 saturated carbocycles. The van der Waals surface area contributed by atoms with E-state index in [4.69, 9.17) is 4.84 Å². The van der Waals surface area contributed by atoms with Gasteiger partial charge in [0.05, 0.1) is 0 Å². The smallest absolute Gasteiger partial charge is 0.216 e. The summed E-state index contributed by atoms with van der Waals surface area (Å²) in [7, 11) is 0. The Morgan fingerprint density at radius 3 is 3.08 bits per heavy atom. The fraction of sp³-hybridized carbons (Fsp3) is 0.300. The van der Waals surface area contributed by atoms with Gasteiger partial charge in [-0.1, -0.05) is 23.4 Å². The third-order valence-corrected chi connectivity index (χ3v) is 2.58.